The van der Waals surface area contributed by atoms with Crippen LogP contribution in [0.15, 0.2) is 48.9 Å². The average molecular weight is 385 g/mol. The van der Waals surface area contributed by atoms with Gasteiger partial charge in [0.2, 0.25) is 5.82 Å². The van der Waals surface area contributed by atoms with Gasteiger partial charge in [-0.1, -0.05) is 30.3 Å². The van der Waals surface area contributed by atoms with Gasteiger partial charge in [0.25, 0.3) is 0 Å². The van der Waals surface area contributed by atoms with Crippen molar-refractivity contribution in [3.63, 3.8) is 0 Å². The van der Waals surface area contributed by atoms with Crippen molar-refractivity contribution in [2.24, 2.45) is 0 Å². The summed E-state index contributed by atoms with van der Waals surface area (Å²) in [7, 11) is 0. The summed E-state index contributed by atoms with van der Waals surface area (Å²) in [6, 6.07) is 9.12. The van der Waals surface area contributed by atoms with E-state index >= 15 is 0 Å². The lowest BCUT2D eigenvalue weighted by molar-refractivity contribution is -0.253. The Hall–Kier alpha value is -2.76. The second kappa shape index (κ2) is 7.70. The zero-order chi connectivity index (χ0) is 19.7. The van der Waals surface area contributed by atoms with Gasteiger partial charge in [-0.25, -0.2) is 14.6 Å². The van der Waals surface area contributed by atoms with Crippen molar-refractivity contribution >= 4 is 0 Å². The minimum atomic E-state index is -1.52. The molecule has 2 aromatic heterocycles. The van der Waals surface area contributed by atoms with Crippen LogP contribution < -0.4 is 0 Å². The highest BCUT2D eigenvalue weighted by Crippen LogP contribution is 2.32. The van der Waals surface area contributed by atoms with Crippen molar-refractivity contribution in [3.05, 3.63) is 48.9 Å². The third-order valence-electron chi connectivity index (χ3n) is 4.56. The molecule has 0 unspecified atom stereocenters. The van der Waals surface area contributed by atoms with E-state index in [2.05, 4.69) is 20.1 Å². The van der Waals surface area contributed by atoms with Crippen LogP contribution in [0.2, 0.25) is 0 Å². The number of aliphatic hydroxyl groups excluding tert-OH is 4. The zero-order valence-electron chi connectivity index (χ0n) is 14.6. The highest BCUT2D eigenvalue weighted by Gasteiger charge is 2.45. The fraction of sp³-hybridized carbons (Fsp3) is 0.333. The SMILES string of the molecule is OC[C@H]1O[C@@H](n2nc(-c3cnccn3)nc2-c2ccccc2)[C@H](O)[C@@H](O)[C@@H]1O. The molecular formula is C18H19N5O5. The molecule has 1 aliphatic heterocycles. The van der Waals surface area contributed by atoms with Gasteiger partial charge in [-0.2, -0.15) is 0 Å². The fourth-order valence-corrected chi connectivity index (χ4v) is 3.09. The molecule has 0 saturated carbocycles. The molecule has 1 fully saturated rings. The van der Waals surface area contributed by atoms with E-state index in [1.807, 2.05) is 30.3 Å². The summed E-state index contributed by atoms with van der Waals surface area (Å²) in [5, 5.41) is 44.5. The lowest BCUT2D eigenvalue weighted by Crippen LogP contribution is -2.56. The third-order valence-corrected chi connectivity index (χ3v) is 4.56. The first-order chi connectivity index (χ1) is 13.6. The number of hydrogen-bond acceptors (Lipinski definition) is 9. The second-order valence-electron chi connectivity index (χ2n) is 6.38. The minimum absolute atomic E-state index is 0.254. The third kappa shape index (κ3) is 3.28. The van der Waals surface area contributed by atoms with Gasteiger partial charge < -0.3 is 25.2 Å². The highest BCUT2D eigenvalue weighted by molar-refractivity contribution is 5.59. The van der Waals surface area contributed by atoms with Crippen molar-refractivity contribution in [3.8, 4) is 22.9 Å². The van der Waals surface area contributed by atoms with Gasteiger partial charge in [-0.15, -0.1) is 5.10 Å². The fourth-order valence-electron chi connectivity index (χ4n) is 3.09. The van der Waals surface area contributed by atoms with Crippen LogP contribution in [0.4, 0.5) is 0 Å². The molecule has 0 radical (unpaired) electrons. The summed E-state index contributed by atoms with van der Waals surface area (Å²) in [6.07, 6.45) is -2.18. The van der Waals surface area contributed by atoms with Gasteiger partial charge in [0.1, 0.15) is 30.1 Å². The first-order valence-electron chi connectivity index (χ1n) is 8.69. The molecule has 3 heterocycles. The zero-order valence-corrected chi connectivity index (χ0v) is 14.6. The maximum absolute atomic E-state index is 10.5. The van der Waals surface area contributed by atoms with E-state index in [-0.39, 0.29) is 5.82 Å². The van der Waals surface area contributed by atoms with Crippen LogP contribution in [0.25, 0.3) is 22.9 Å². The quantitative estimate of drug-likeness (QED) is 0.461. The Labute approximate surface area is 159 Å². The molecule has 4 N–H and O–H groups in total. The molecule has 0 aliphatic carbocycles. The predicted molar refractivity (Wildman–Crippen MR) is 95.5 cm³/mol. The van der Waals surface area contributed by atoms with Crippen molar-refractivity contribution in [1.82, 2.24) is 24.7 Å². The van der Waals surface area contributed by atoms with E-state index in [0.29, 0.717) is 17.1 Å². The Morgan fingerprint density at radius 1 is 1.00 bits per heavy atom. The Morgan fingerprint density at radius 2 is 1.79 bits per heavy atom. The van der Waals surface area contributed by atoms with Gasteiger partial charge in [0, 0.05) is 18.0 Å². The van der Waals surface area contributed by atoms with E-state index in [1.54, 1.807) is 0 Å². The highest BCUT2D eigenvalue weighted by atomic mass is 16.6. The van der Waals surface area contributed by atoms with E-state index in [1.165, 1.54) is 23.3 Å². The van der Waals surface area contributed by atoms with Crippen molar-refractivity contribution < 1.29 is 25.2 Å². The van der Waals surface area contributed by atoms with Crippen LogP contribution >= 0.6 is 0 Å². The first kappa shape index (κ1) is 18.6. The van der Waals surface area contributed by atoms with Gasteiger partial charge in [0.05, 0.1) is 12.8 Å². The molecule has 4 rings (SSSR count). The van der Waals surface area contributed by atoms with E-state index in [0.717, 1.165) is 0 Å². The van der Waals surface area contributed by atoms with Gasteiger partial charge in [-0.3, -0.25) is 4.98 Å². The molecule has 0 amide bonds. The monoisotopic (exact) mass is 385 g/mol. The average Bonchev–Trinajstić information content (AvgIpc) is 3.19. The number of hydrogen-bond donors (Lipinski definition) is 4. The van der Waals surface area contributed by atoms with Crippen LogP contribution in [-0.4, -0.2) is 76.2 Å². The maximum atomic E-state index is 10.5. The van der Waals surface area contributed by atoms with Gasteiger partial charge in [0.15, 0.2) is 12.1 Å². The summed E-state index contributed by atoms with van der Waals surface area (Å²) >= 11 is 0. The molecule has 28 heavy (non-hydrogen) atoms. The predicted octanol–water partition coefficient (Wildman–Crippen LogP) is -0.626. The molecule has 1 aliphatic rings. The normalized spacial score (nSPS) is 27.6. The van der Waals surface area contributed by atoms with Crippen LogP contribution in [0, 0.1) is 0 Å². The largest absolute Gasteiger partial charge is 0.394 e. The lowest BCUT2D eigenvalue weighted by atomic mass is 9.98. The van der Waals surface area contributed by atoms with Gasteiger partial charge >= 0.3 is 0 Å². The summed E-state index contributed by atoms with van der Waals surface area (Å²) in [5.74, 6) is 0.620. The van der Waals surface area contributed by atoms with Crippen LogP contribution in [0.3, 0.4) is 0 Å². The molecule has 1 saturated heterocycles. The van der Waals surface area contributed by atoms with Crippen molar-refractivity contribution in [2.75, 3.05) is 6.61 Å². The van der Waals surface area contributed by atoms with Gasteiger partial charge in [-0.05, 0) is 0 Å². The van der Waals surface area contributed by atoms with E-state index in [4.69, 9.17) is 4.74 Å². The topological polar surface area (TPSA) is 147 Å². The number of ether oxygens (including phenoxy) is 1. The summed E-state index contributed by atoms with van der Waals surface area (Å²) in [5.41, 5.74) is 1.12. The number of benzene rings is 1. The minimum Gasteiger partial charge on any atom is -0.394 e. The Balaban J connectivity index is 1.82. The molecule has 146 valence electrons. The van der Waals surface area contributed by atoms with Crippen molar-refractivity contribution in [1.29, 1.82) is 0 Å². The Kier molecular flexibility index (Phi) is 5.11. The van der Waals surface area contributed by atoms with E-state index < -0.39 is 37.3 Å². The molecule has 0 spiro atoms. The second-order valence-corrected chi connectivity index (χ2v) is 6.38. The number of rotatable bonds is 4. The van der Waals surface area contributed by atoms with Crippen LogP contribution in [0.5, 0.6) is 0 Å². The summed E-state index contributed by atoms with van der Waals surface area (Å²) in [4.78, 5) is 12.7. The molecule has 3 aromatic rings. The van der Waals surface area contributed by atoms with Crippen molar-refractivity contribution in [2.45, 2.75) is 30.6 Å². The number of aliphatic hydroxyl groups is 4. The lowest BCUT2D eigenvalue weighted by Gasteiger charge is -2.40. The first-order valence-corrected chi connectivity index (χ1v) is 8.69. The smallest absolute Gasteiger partial charge is 0.202 e. The standard InChI is InChI=1S/C18H19N5O5/c24-9-12-13(25)14(26)15(27)18(28-12)23-17(10-4-2-1-3-5-10)21-16(22-23)11-8-19-6-7-20-11/h1-8,12-15,18,24-27H,9H2/t12-,13-,14+,15-,18-/m1/s1. The Bertz CT molecular complexity index is 921. The molecule has 1 aromatic carbocycles. The summed E-state index contributed by atoms with van der Waals surface area (Å²) in [6.45, 7) is -0.534. The van der Waals surface area contributed by atoms with Crippen LogP contribution in [0.1, 0.15) is 6.23 Å². The molecule has 5 atom stereocenters. The number of aromatic nitrogens is 5. The molecular weight excluding hydrogens is 366 g/mol. The number of nitrogens with zero attached hydrogens (tertiary/aromatic N) is 5. The Morgan fingerprint density at radius 3 is 2.46 bits per heavy atom. The van der Waals surface area contributed by atoms with E-state index in [9.17, 15) is 20.4 Å². The molecule has 10 heteroatoms. The molecule has 0 bridgehead atoms. The summed E-state index contributed by atoms with van der Waals surface area (Å²) < 4.78 is 6.96. The molecule has 10 nitrogen and oxygen atoms in total. The van der Waals surface area contributed by atoms with Crippen LogP contribution in [-0.2, 0) is 4.74 Å². The maximum Gasteiger partial charge on any atom is 0.202 e.